The Morgan fingerprint density at radius 3 is 2.44 bits per heavy atom. The second kappa shape index (κ2) is 4.09. The van der Waals surface area contributed by atoms with E-state index >= 15 is 0 Å². The van der Waals surface area contributed by atoms with E-state index in [4.69, 9.17) is 14.9 Å². The summed E-state index contributed by atoms with van der Waals surface area (Å²) < 4.78 is 4.96. The van der Waals surface area contributed by atoms with Crippen molar-refractivity contribution in [1.29, 1.82) is 0 Å². The quantitative estimate of drug-likeness (QED) is 0.536. The van der Waals surface area contributed by atoms with Crippen LogP contribution >= 0.6 is 0 Å². The Morgan fingerprint density at radius 1 is 1.38 bits per heavy atom. The molecule has 1 unspecified atom stereocenters. The number of carbonyl (C=O) groups is 2. The van der Waals surface area contributed by atoms with Gasteiger partial charge in [0.05, 0.1) is 12.7 Å². The van der Waals surface area contributed by atoms with E-state index in [-0.39, 0.29) is 11.7 Å². The van der Waals surface area contributed by atoms with Crippen molar-refractivity contribution in [2.24, 2.45) is 0 Å². The summed E-state index contributed by atoms with van der Waals surface area (Å²) in [4.78, 5) is 21.6. The lowest BCUT2D eigenvalue weighted by atomic mass is 9.86. The smallest absolute Gasteiger partial charge is 0.331 e. The molecule has 2 aliphatic rings. The molecule has 86 valence electrons. The number of rotatable bonds is 5. The number of epoxide rings is 1. The Hall–Kier alpha value is -1.62. The molecule has 0 spiro atoms. The first-order valence-electron chi connectivity index (χ1n) is 5.08. The van der Waals surface area contributed by atoms with Crippen molar-refractivity contribution in [3.8, 4) is 0 Å². The van der Waals surface area contributed by atoms with Gasteiger partial charge in [-0.25, -0.2) is 9.59 Å². The summed E-state index contributed by atoms with van der Waals surface area (Å²) in [6.07, 6.45) is 3.00. The highest BCUT2D eigenvalue weighted by Crippen LogP contribution is 2.31. The van der Waals surface area contributed by atoms with Gasteiger partial charge >= 0.3 is 11.9 Å². The van der Waals surface area contributed by atoms with Gasteiger partial charge in [-0.2, -0.15) is 0 Å². The first-order chi connectivity index (χ1) is 7.58. The Morgan fingerprint density at radius 2 is 2.06 bits per heavy atom. The minimum atomic E-state index is -1.00. The number of hydrogen-bond donors (Lipinski definition) is 2. The number of carboxylic acid groups (broad SMARTS) is 2. The predicted octanol–water partition coefficient (Wildman–Crippen LogP) is 0.961. The zero-order chi connectivity index (χ0) is 11.7. The lowest BCUT2D eigenvalue weighted by Crippen LogP contribution is -2.13. The number of allylic oxidation sites excluding steroid dienone is 2. The molecule has 16 heavy (non-hydrogen) atoms. The average Bonchev–Trinajstić information content (AvgIpc) is 2.91. The molecular weight excluding hydrogens is 212 g/mol. The maximum Gasteiger partial charge on any atom is 0.331 e. The van der Waals surface area contributed by atoms with Gasteiger partial charge in [-0.1, -0.05) is 0 Å². The summed E-state index contributed by atoms with van der Waals surface area (Å²) >= 11 is 0. The van der Waals surface area contributed by atoms with Crippen LogP contribution in [-0.2, 0) is 14.3 Å². The van der Waals surface area contributed by atoms with Gasteiger partial charge in [-0.15, -0.1) is 0 Å². The normalized spacial score (nSPS) is 24.0. The third kappa shape index (κ3) is 2.30. The first kappa shape index (κ1) is 10.9. The number of hydrogen-bond acceptors (Lipinski definition) is 3. The van der Waals surface area contributed by atoms with Gasteiger partial charge < -0.3 is 14.9 Å². The summed E-state index contributed by atoms with van der Waals surface area (Å²) in [6, 6.07) is 0. The van der Waals surface area contributed by atoms with Crippen LogP contribution in [0.4, 0.5) is 0 Å². The van der Waals surface area contributed by atoms with Crippen LogP contribution in [-0.4, -0.2) is 34.9 Å². The highest BCUT2D eigenvalue weighted by molar-refractivity contribution is 5.92. The van der Waals surface area contributed by atoms with Gasteiger partial charge in [0, 0.05) is 17.6 Å². The predicted molar refractivity (Wildman–Crippen MR) is 54.0 cm³/mol. The van der Waals surface area contributed by atoms with Crippen LogP contribution in [0.3, 0.4) is 0 Å². The van der Waals surface area contributed by atoms with E-state index in [1.54, 1.807) is 0 Å². The molecule has 0 radical (unpaired) electrons. The molecule has 2 rings (SSSR count). The van der Waals surface area contributed by atoms with Crippen molar-refractivity contribution in [3.05, 3.63) is 22.8 Å². The van der Waals surface area contributed by atoms with Crippen LogP contribution in [0.2, 0.25) is 0 Å². The van der Waals surface area contributed by atoms with E-state index in [0.717, 1.165) is 0 Å². The molecule has 5 heteroatoms. The van der Waals surface area contributed by atoms with E-state index in [2.05, 4.69) is 0 Å². The molecule has 1 fully saturated rings. The van der Waals surface area contributed by atoms with Crippen LogP contribution in [0.1, 0.15) is 19.3 Å². The fraction of sp³-hybridized carbons (Fsp3) is 0.455. The third-order valence-electron chi connectivity index (χ3n) is 2.76. The zero-order valence-corrected chi connectivity index (χ0v) is 8.60. The molecule has 1 heterocycles. The second-order valence-corrected chi connectivity index (χ2v) is 3.94. The molecule has 1 aliphatic heterocycles. The van der Waals surface area contributed by atoms with Crippen molar-refractivity contribution >= 4 is 11.9 Å². The number of aliphatic carboxylic acids is 2. The molecule has 2 N–H and O–H groups in total. The Labute approximate surface area is 92.0 Å². The summed E-state index contributed by atoms with van der Waals surface area (Å²) in [5.74, 6) is -1.95. The van der Waals surface area contributed by atoms with Gasteiger partial charge in [0.2, 0.25) is 0 Å². The van der Waals surface area contributed by atoms with Crippen molar-refractivity contribution in [1.82, 2.24) is 0 Å². The summed E-state index contributed by atoms with van der Waals surface area (Å²) in [5, 5.41) is 17.7. The second-order valence-electron chi connectivity index (χ2n) is 3.94. The third-order valence-corrected chi connectivity index (χ3v) is 2.76. The molecule has 0 saturated carbocycles. The van der Waals surface area contributed by atoms with Crippen molar-refractivity contribution < 1.29 is 24.5 Å². The maximum absolute atomic E-state index is 10.9. The van der Waals surface area contributed by atoms with E-state index in [1.807, 2.05) is 0 Å². The number of ether oxygens (including phenoxy) is 1. The maximum atomic E-state index is 10.9. The lowest BCUT2D eigenvalue weighted by molar-refractivity contribution is -0.134. The minimum absolute atomic E-state index is 0.00342. The van der Waals surface area contributed by atoms with E-state index in [1.165, 1.54) is 6.08 Å². The van der Waals surface area contributed by atoms with Crippen LogP contribution in [0.15, 0.2) is 22.8 Å². The first-order valence-corrected chi connectivity index (χ1v) is 5.08. The van der Waals surface area contributed by atoms with Crippen molar-refractivity contribution in [2.45, 2.75) is 25.4 Å². The molecule has 1 atom stereocenters. The van der Waals surface area contributed by atoms with Crippen LogP contribution in [0, 0.1) is 0 Å². The monoisotopic (exact) mass is 224 g/mol. The average molecular weight is 224 g/mol. The lowest BCUT2D eigenvalue weighted by Gasteiger charge is -2.18. The van der Waals surface area contributed by atoms with Gasteiger partial charge in [-0.05, 0) is 24.5 Å². The molecule has 0 amide bonds. The highest BCUT2D eigenvalue weighted by atomic mass is 16.6. The fourth-order valence-electron chi connectivity index (χ4n) is 1.65. The summed E-state index contributed by atoms with van der Waals surface area (Å²) in [6.45, 7) is 0.593. The Kier molecular flexibility index (Phi) is 2.78. The summed E-state index contributed by atoms with van der Waals surface area (Å²) in [7, 11) is 0. The van der Waals surface area contributed by atoms with Gasteiger partial charge in [0.15, 0.2) is 0 Å². The Bertz CT molecular complexity index is 401. The van der Waals surface area contributed by atoms with Crippen LogP contribution in [0.25, 0.3) is 0 Å². The SMILES string of the molecule is O=C(O)C(=CC1=C(C(=O)O)CC1)CC1CO1. The fourth-order valence-corrected chi connectivity index (χ4v) is 1.65. The largest absolute Gasteiger partial charge is 0.478 e. The van der Waals surface area contributed by atoms with E-state index in [9.17, 15) is 9.59 Å². The molecule has 5 nitrogen and oxygen atoms in total. The van der Waals surface area contributed by atoms with Crippen molar-refractivity contribution in [2.75, 3.05) is 6.61 Å². The van der Waals surface area contributed by atoms with Gasteiger partial charge in [0.25, 0.3) is 0 Å². The van der Waals surface area contributed by atoms with Crippen molar-refractivity contribution in [3.63, 3.8) is 0 Å². The molecule has 0 aromatic carbocycles. The zero-order valence-electron chi connectivity index (χ0n) is 8.60. The molecule has 0 aromatic heterocycles. The van der Waals surface area contributed by atoms with Crippen LogP contribution in [0.5, 0.6) is 0 Å². The van der Waals surface area contributed by atoms with Crippen LogP contribution < -0.4 is 0 Å². The van der Waals surface area contributed by atoms with E-state index in [0.29, 0.717) is 37.0 Å². The van der Waals surface area contributed by atoms with Gasteiger partial charge in [-0.3, -0.25) is 0 Å². The molecule has 0 bridgehead atoms. The topological polar surface area (TPSA) is 87.1 Å². The molecule has 1 saturated heterocycles. The minimum Gasteiger partial charge on any atom is -0.478 e. The van der Waals surface area contributed by atoms with E-state index < -0.39 is 11.9 Å². The molecule has 0 aromatic rings. The van der Waals surface area contributed by atoms with Gasteiger partial charge in [0.1, 0.15) is 0 Å². The highest BCUT2D eigenvalue weighted by Gasteiger charge is 2.28. The number of carboxylic acids is 2. The summed E-state index contributed by atoms with van der Waals surface area (Å²) in [5.41, 5.74) is 1.19. The Balaban J connectivity index is 2.15. The standard InChI is InChI=1S/C11H12O5/c12-10(13)7(4-8-5-16-8)3-6-1-2-9(6)11(14)15/h3,8H,1-2,4-5H2,(H,12,13)(H,14,15). The molecular formula is C11H12O5. The molecule has 1 aliphatic carbocycles.